The molecule has 0 unspecified atom stereocenters. The van der Waals surface area contributed by atoms with Gasteiger partial charge in [-0.1, -0.05) is 97.1 Å². The highest BCUT2D eigenvalue weighted by molar-refractivity contribution is 7.18. The van der Waals surface area contributed by atoms with Crippen molar-refractivity contribution in [3.8, 4) is 38.1 Å². The molecule has 0 aliphatic carbocycles. The Morgan fingerprint density at radius 1 is 0.833 bits per heavy atom. The predicted molar refractivity (Wildman–Crippen MR) is 166 cm³/mol. The van der Waals surface area contributed by atoms with Crippen LogP contribution in [0.25, 0.3) is 32.4 Å². The van der Waals surface area contributed by atoms with E-state index >= 15 is 4.39 Å². The van der Waals surface area contributed by atoms with Crippen LogP contribution in [0.3, 0.4) is 0 Å². The molecule has 0 spiro atoms. The fourth-order valence-corrected chi connectivity index (χ4v) is 5.92. The van der Waals surface area contributed by atoms with E-state index in [-0.39, 0.29) is 17.9 Å². The van der Waals surface area contributed by atoms with E-state index in [4.69, 9.17) is 9.72 Å². The summed E-state index contributed by atoms with van der Waals surface area (Å²) < 4.78 is 23.0. The molecule has 0 bridgehead atoms. The summed E-state index contributed by atoms with van der Waals surface area (Å²) in [6.45, 7) is 2.36. The molecule has 2 heterocycles. The molecule has 0 N–H and O–H groups in total. The van der Waals surface area contributed by atoms with Crippen LogP contribution in [0.2, 0.25) is 0 Å². The molecule has 0 aliphatic heterocycles. The molecule has 4 aromatic carbocycles. The first-order valence-electron chi connectivity index (χ1n) is 13.7. The number of aryl methyl sites for hydroxylation is 2. The number of halogens is 1. The normalized spacial score (nSPS) is 11.0. The highest BCUT2D eigenvalue weighted by Gasteiger charge is 2.23. The first kappa shape index (κ1) is 27.3. The molecule has 0 aliphatic rings. The van der Waals surface area contributed by atoms with E-state index < -0.39 is 5.82 Å². The lowest BCUT2D eigenvalue weighted by molar-refractivity contribution is 0.291. The number of ether oxygens (including phenoxy) is 1. The van der Waals surface area contributed by atoms with E-state index in [1.807, 2.05) is 97.9 Å². The van der Waals surface area contributed by atoms with Gasteiger partial charge in [-0.15, -0.1) is 11.3 Å². The second-order valence-corrected chi connectivity index (χ2v) is 10.9. The number of nitrogens with zero attached hydrogens (tertiary/aromatic N) is 3. The number of thiazole rings is 1. The summed E-state index contributed by atoms with van der Waals surface area (Å²) in [5.41, 5.74) is 4.26. The van der Waals surface area contributed by atoms with Crippen LogP contribution in [-0.4, -0.2) is 14.5 Å². The molecule has 0 saturated carbocycles. The Labute approximate surface area is 247 Å². The second-order valence-electron chi connectivity index (χ2n) is 9.87. The van der Waals surface area contributed by atoms with Crippen molar-refractivity contribution in [3.63, 3.8) is 0 Å². The number of benzene rings is 4. The summed E-state index contributed by atoms with van der Waals surface area (Å²) >= 11 is 1.45. The standard InChI is InChI=1S/C35H28FN3O2S/c1-24-31(30-22-37-34(42-30)27-16-9-4-10-17-27)35(40)39(21-20-25-12-5-2-6-13-25)33(38-24)28-18-11-19-29(36)32(28)41-23-26-14-7-3-8-15-26/h2-19,22H,20-21,23H2,1H3. The van der Waals surface area contributed by atoms with Gasteiger partial charge in [0.1, 0.15) is 17.4 Å². The minimum Gasteiger partial charge on any atom is -0.485 e. The van der Waals surface area contributed by atoms with Gasteiger partial charge in [-0.3, -0.25) is 9.36 Å². The smallest absolute Gasteiger partial charge is 0.262 e. The molecule has 0 saturated heterocycles. The van der Waals surface area contributed by atoms with E-state index in [9.17, 15) is 4.79 Å². The van der Waals surface area contributed by atoms with Crippen LogP contribution in [0.15, 0.2) is 120 Å². The maximum absolute atomic E-state index is 15.3. The van der Waals surface area contributed by atoms with Crippen LogP contribution >= 0.6 is 11.3 Å². The molecular weight excluding hydrogens is 545 g/mol. The zero-order valence-corrected chi connectivity index (χ0v) is 23.9. The maximum Gasteiger partial charge on any atom is 0.262 e. The van der Waals surface area contributed by atoms with Crippen LogP contribution in [-0.2, 0) is 19.6 Å². The van der Waals surface area contributed by atoms with Crippen LogP contribution < -0.4 is 10.3 Å². The minimum atomic E-state index is -0.510. The Balaban J connectivity index is 1.46. The van der Waals surface area contributed by atoms with Crippen molar-refractivity contribution < 1.29 is 9.13 Å². The van der Waals surface area contributed by atoms with Gasteiger partial charge in [0, 0.05) is 18.3 Å². The predicted octanol–water partition coefficient (Wildman–Crippen LogP) is 7.97. The van der Waals surface area contributed by atoms with E-state index in [1.165, 1.54) is 17.4 Å². The Morgan fingerprint density at radius 3 is 2.21 bits per heavy atom. The van der Waals surface area contributed by atoms with Gasteiger partial charge in [0.15, 0.2) is 11.6 Å². The van der Waals surface area contributed by atoms with Crippen molar-refractivity contribution >= 4 is 11.3 Å². The highest BCUT2D eigenvalue weighted by Crippen LogP contribution is 2.35. The molecule has 5 nitrogen and oxygen atoms in total. The van der Waals surface area contributed by atoms with Crippen LogP contribution in [0.4, 0.5) is 4.39 Å². The quantitative estimate of drug-likeness (QED) is 0.176. The van der Waals surface area contributed by atoms with Crippen molar-refractivity contribution in [2.75, 3.05) is 0 Å². The van der Waals surface area contributed by atoms with Gasteiger partial charge in [0.25, 0.3) is 5.56 Å². The summed E-state index contributed by atoms with van der Waals surface area (Å²) in [5.74, 6) is -0.0745. The number of hydrogen-bond donors (Lipinski definition) is 0. The Kier molecular flexibility index (Phi) is 8.01. The number of para-hydroxylation sites is 1. The molecule has 6 aromatic rings. The van der Waals surface area contributed by atoms with Gasteiger partial charge < -0.3 is 4.74 Å². The van der Waals surface area contributed by atoms with Crippen molar-refractivity contribution in [2.24, 2.45) is 0 Å². The third kappa shape index (κ3) is 5.78. The monoisotopic (exact) mass is 573 g/mol. The van der Waals surface area contributed by atoms with Gasteiger partial charge >= 0.3 is 0 Å². The number of aromatic nitrogens is 3. The molecule has 2 aromatic heterocycles. The van der Waals surface area contributed by atoms with E-state index in [2.05, 4.69) is 4.98 Å². The summed E-state index contributed by atoms with van der Waals surface area (Å²) in [4.78, 5) is 24.6. The lowest BCUT2D eigenvalue weighted by Gasteiger charge is -2.18. The zero-order chi connectivity index (χ0) is 28.9. The Morgan fingerprint density at radius 2 is 1.50 bits per heavy atom. The Bertz CT molecular complexity index is 1870. The van der Waals surface area contributed by atoms with Crippen LogP contribution in [0.1, 0.15) is 16.8 Å². The van der Waals surface area contributed by atoms with Crippen LogP contribution in [0, 0.1) is 12.7 Å². The van der Waals surface area contributed by atoms with Crippen molar-refractivity contribution in [1.82, 2.24) is 14.5 Å². The first-order chi connectivity index (χ1) is 20.6. The molecule has 0 atom stereocenters. The molecule has 42 heavy (non-hydrogen) atoms. The molecule has 7 heteroatoms. The fraction of sp³-hybridized carbons (Fsp3) is 0.114. The minimum absolute atomic E-state index is 0.0676. The highest BCUT2D eigenvalue weighted by atomic mass is 32.1. The molecular formula is C35H28FN3O2S. The molecule has 0 fully saturated rings. The summed E-state index contributed by atoms with van der Waals surface area (Å²) in [7, 11) is 0. The average Bonchev–Trinajstić information content (AvgIpc) is 3.51. The summed E-state index contributed by atoms with van der Waals surface area (Å²) in [5, 5.41) is 0.825. The number of rotatable bonds is 9. The zero-order valence-electron chi connectivity index (χ0n) is 23.0. The maximum atomic E-state index is 15.3. The summed E-state index contributed by atoms with van der Waals surface area (Å²) in [6, 6.07) is 34.2. The van der Waals surface area contributed by atoms with Gasteiger partial charge in [-0.05, 0) is 36.6 Å². The molecule has 6 rings (SSSR count). The fourth-order valence-electron chi connectivity index (χ4n) is 4.91. The van der Waals surface area contributed by atoms with Crippen molar-refractivity contribution in [2.45, 2.75) is 26.5 Å². The third-order valence-corrected chi connectivity index (χ3v) is 8.09. The van der Waals surface area contributed by atoms with Crippen molar-refractivity contribution in [1.29, 1.82) is 0 Å². The molecule has 0 amide bonds. The van der Waals surface area contributed by atoms with E-state index in [0.29, 0.717) is 35.6 Å². The van der Waals surface area contributed by atoms with Gasteiger partial charge in [-0.2, -0.15) is 0 Å². The SMILES string of the molecule is Cc1nc(-c2cccc(F)c2OCc2ccccc2)n(CCc2ccccc2)c(=O)c1-c1cnc(-c2ccccc2)s1. The lowest BCUT2D eigenvalue weighted by Crippen LogP contribution is -2.27. The van der Waals surface area contributed by atoms with E-state index in [1.54, 1.807) is 22.9 Å². The third-order valence-electron chi connectivity index (χ3n) is 7.02. The summed E-state index contributed by atoms with van der Waals surface area (Å²) in [6.07, 6.45) is 2.33. The van der Waals surface area contributed by atoms with Gasteiger partial charge in [0.05, 0.1) is 21.7 Å². The molecule has 0 radical (unpaired) electrons. The van der Waals surface area contributed by atoms with Gasteiger partial charge in [0.2, 0.25) is 0 Å². The van der Waals surface area contributed by atoms with Crippen molar-refractivity contribution in [3.05, 3.63) is 148 Å². The second kappa shape index (κ2) is 12.3. The van der Waals surface area contributed by atoms with Gasteiger partial charge in [-0.25, -0.2) is 14.4 Å². The molecule has 208 valence electrons. The largest absolute Gasteiger partial charge is 0.485 e. The number of hydrogen-bond acceptors (Lipinski definition) is 5. The Hall–Kier alpha value is -4.88. The lowest BCUT2D eigenvalue weighted by atomic mass is 10.1. The van der Waals surface area contributed by atoms with Crippen LogP contribution in [0.5, 0.6) is 5.75 Å². The topological polar surface area (TPSA) is 57.0 Å². The average molecular weight is 574 g/mol. The first-order valence-corrected chi connectivity index (χ1v) is 14.5. The van der Waals surface area contributed by atoms with E-state index in [0.717, 1.165) is 26.6 Å².